The second-order valence-electron chi connectivity index (χ2n) is 6.94. The van der Waals surface area contributed by atoms with Crippen molar-refractivity contribution >= 4 is 63.2 Å². The summed E-state index contributed by atoms with van der Waals surface area (Å²) < 4.78 is 6.10. The SMILES string of the molecule is c1ccc2c(c1)[Se]c1ccccc1C2=C1c2ccccc2[Te]c2ccccc21. The van der Waals surface area contributed by atoms with Crippen molar-refractivity contribution < 1.29 is 0 Å². The van der Waals surface area contributed by atoms with Crippen LogP contribution in [0.2, 0.25) is 0 Å². The molecule has 2 aliphatic rings. The molecule has 0 aliphatic carbocycles. The Labute approximate surface area is 181 Å². The normalized spacial score (nSPS) is 14.0. The van der Waals surface area contributed by atoms with E-state index < -0.39 is 0 Å². The molecule has 28 heavy (non-hydrogen) atoms. The van der Waals surface area contributed by atoms with Gasteiger partial charge in [0.05, 0.1) is 0 Å². The Bertz CT molecular complexity index is 1070. The van der Waals surface area contributed by atoms with E-state index in [2.05, 4.69) is 97.1 Å². The number of hydrogen-bond acceptors (Lipinski definition) is 0. The fourth-order valence-electron chi connectivity index (χ4n) is 4.11. The molecule has 6 rings (SSSR count). The molecule has 2 heterocycles. The third-order valence-electron chi connectivity index (χ3n) is 5.32. The predicted molar refractivity (Wildman–Crippen MR) is 121 cm³/mol. The molecule has 2 aliphatic heterocycles. The monoisotopic (exact) mass is 538 g/mol. The van der Waals surface area contributed by atoms with Crippen LogP contribution in [-0.2, 0) is 0 Å². The van der Waals surface area contributed by atoms with Gasteiger partial charge in [0.2, 0.25) is 0 Å². The minimum absolute atomic E-state index is 0.351. The van der Waals surface area contributed by atoms with Gasteiger partial charge < -0.3 is 0 Å². The van der Waals surface area contributed by atoms with Gasteiger partial charge in [-0.1, -0.05) is 0 Å². The van der Waals surface area contributed by atoms with Crippen molar-refractivity contribution in [1.29, 1.82) is 0 Å². The molecule has 0 saturated carbocycles. The van der Waals surface area contributed by atoms with Crippen LogP contribution in [0.5, 0.6) is 0 Å². The topological polar surface area (TPSA) is 0 Å². The zero-order valence-corrected chi connectivity index (χ0v) is 19.1. The maximum absolute atomic E-state index is 2.35. The van der Waals surface area contributed by atoms with E-state index >= 15 is 0 Å². The molecular weight excluding hydrogens is 519 g/mol. The second-order valence-corrected chi connectivity index (χ2v) is 12.3. The van der Waals surface area contributed by atoms with Crippen LogP contribution in [0.3, 0.4) is 0 Å². The van der Waals surface area contributed by atoms with Gasteiger partial charge in [-0.2, -0.15) is 0 Å². The third-order valence-corrected chi connectivity index (χ3v) is 11.0. The van der Waals surface area contributed by atoms with Crippen molar-refractivity contribution in [2.45, 2.75) is 0 Å². The van der Waals surface area contributed by atoms with Gasteiger partial charge in [0.1, 0.15) is 0 Å². The van der Waals surface area contributed by atoms with E-state index in [9.17, 15) is 0 Å². The van der Waals surface area contributed by atoms with Crippen molar-refractivity contribution in [3.63, 3.8) is 0 Å². The van der Waals surface area contributed by atoms with Crippen LogP contribution in [0.15, 0.2) is 97.1 Å². The molecule has 0 radical (unpaired) electrons. The van der Waals surface area contributed by atoms with E-state index in [0.29, 0.717) is 15.0 Å². The summed E-state index contributed by atoms with van der Waals surface area (Å²) in [6, 6.07) is 36.2. The molecular formula is C26H16SeTe. The molecule has 0 saturated heterocycles. The van der Waals surface area contributed by atoms with E-state index in [4.69, 9.17) is 0 Å². The zero-order chi connectivity index (χ0) is 18.5. The number of hydrogen-bond donors (Lipinski definition) is 0. The van der Waals surface area contributed by atoms with Gasteiger partial charge >= 0.3 is 182 Å². The van der Waals surface area contributed by atoms with Crippen LogP contribution in [0.4, 0.5) is 0 Å². The first-order valence-corrected chi connectivity index (χ1v) is 13.4. The summed E-state index contributed by atoms with van der Waals surface area (Å²) in [5.41, 5.74) is 8.58. The Morgan fingerprint density at radius 2 is 0.821 bits per heavy atom. The molecule has 0 aromatic heterocycles. The fourth-order valence-corrected chi connectivity index (χ4v) is 9.51. The summed E-state index contributed by atoms with van der Waals surface area (Å²) in [4.78, 5) is 0. The minimum atomic E-state index is -0.351. The van der Waals surface area contributed by atoms with Crippen LogP contribution < -0.4 is 16.1 Å². The number of fused-ring (bicyclic) bond motifs is 4. The van der Waals surface area contributed by atoms with Gasteiger partial charge in [0.25, 0.3) is 0 Å². The molecule has 0 spiro atoms. The Hall–Kier alpha value is -2.07. The summed E-state index contributed by atoms with van der Waals surface area (Å²) in [6.07, 6.45) is 0. The predicted octanol–water partition coefficient (Wildman–Crippen LogP) is 2.63. The molecule has 4 aromatic carbocycles. The van der Waals surface area contributed by atoms with Crippen molar-refractivity contribution in [2.24, 2.45) is 0 Å². The summed E-state index contributed by atoms with van der Waals surface area (Å²) in [6.45, 7) is 0. The van der Waals surface area contributed by atoms with Crippen LogP contribution in [0.1, 0.15) is 22.3 Å². The van der Waals surface area contributed by atoms with Gasteiger partial charge in [0.15, 0.2) is 0 Å². The first kappa shape index (κ1) is 16.8. The van der Waals surface area contributed by atoms with Crippen molar-refractivity contribution in [2.75, 3.05) is 0 Å². The zero-order valence-electron chi connectivity index (χ0n) is 15.1. The average molecular weight is 535 g/mol. The Balaban J connectivity index is 1.80. The van der Waals surface area contributed by atoms with E-state index in [-0.39, 0.29) is 20.9 Å². The molecule has 132 valence electrons. The van der Waals surface area contributed by atoms with Crippen LogP contribution in [0, 0.1) is 0 Å². The van der Waals surface area contributed by atoms with Crippen LogP contribution >= 0.6 is 0 Å². The summed E-state index contributed by atoms with van der Waals surface area (Å²) >= 11 is 0.00972. The van der Waals surface area contributed by atoms with Crippen molar-refractivity contribution in [3.05, 3.63) is 119 Å². The standard InChI is InChI=1S/C26H16SeTe/c1-5-13-21-17(9-1)25(18-10-2-6-14-22(18)27-21)26-19-11-3-7-15-23(19)28-24-16-8-4-12-20(24)26/h1-16H. The molecule has 0 amide bonds. The quantitative estimate of drug-likeness (QED) is 0.263. The number of rotatable bonds is 0. The second kappa shape index (κ2) is 6.77. The Morgan fingerprint density at radius 3 is 1.36 bits per heavy atom. The Kier molecular flexibility index (Phi) is 4.07. The maximum atomic E-state index is 2.35. The first-order chi connectivity index (χ1) is 13.9. The summed E-state index contributed by atoms with van der Waals surface area (Å²) in [5, 5.41) is 0. The summed E-state index contributed by atoms with van der Waals surface area (Å²) in [5.74, 6) is 0. The molecule has 4 aromatic rings. The molecule has 0 atom stereocenters. The molecule has 0 unspecified atom stereocenters. The first-order valence-electron chi connectivity index (χ1n) is 9.38. The van der Waals surface area contributed by atoms with Crippen LogP contribution in [0.25, 0.3) is 11.1 Å². The summed E-state index contributed by atoms with van der Waals surface area (Å²) in [7, 11) is 0. The van der Waals surface area contributed by atoms with Gasteiger partial charge in [-0.25, -0.2) is 0 Å². The molecule has 0 nitrogen and oxygen atoms in total. The molecule has 0 bridgehead atoms. The van der Waals surface area contributed by atoms with Crippen LogP contribution in [-0.4, -0.2) is 35.9 Å². The van der Waals surface area contributed by atoms with Gasteiger partial charge in [-0.15, -0.1) is 0 Å². The van der Waals surface area contributed by atoms with Crippen molar-refractivity contribution in [1.82, 2.24) is 0 Å². The van der Waals surface area contributed by atoms with Crippen molar-refractivity contribution in [3.8, 4) is 0 Å². The van der Waals surface area contributed by atoms with E-state index in [1.807, 2.05) is 0 Å². The van der Waals surface area contributed by atoms with E-state index in [1.165, 1.54) is 42.3 Å². The van der Waals surface area contributed by atoms with E-state index in [1.54, 1.807) is 7.22 Å². The van der Waals surface area contributed by atoms with Gasteiger partial charge in [-0.05, 0) is 0 Å². The third kappa shape index (κ3) is 2.57. The van der Waals surface area contributed by atoms with Gasteiger partial charge in [0, 0.05) is 0 Å². The fraction of sp³-hybridized carbons (Fsp3) is 0. The molecule has 2 heteroatoms. The Morgan fingerprint density at radius 1 is 0.429 bits per heavy atom. The van der Waals surface area contributed by atoms with Gasteiger partial charge in [-0.3, -0.25) is 0 Å². The number of benzene rings is 4. The molecule has 0 fully saturated rings. The molecule has 0 N–H and O–H groups in total. The average Bonchev–Trinajstić information content (AvgIpc) is 2.76. The van der Waals surface area contributed by atoms with E-state index in [0.717, 1.165) is 0 Å².